The zero-order valence-corrected chi connectivity index (χ0v) is 19.7. The van der Waals surface area contributed by atoms with Crippen LogP contribution in [0, 0.1) is 19.3 Å². The van der Waals surface area contributed by atoms with E-state index < -0.39 is 5.60 Å². The summed E-state index contributed by atoms with van der Waals surface area (Å²) in [7, 11) is 0. The smallest absolute Gasteiger partial charge is 0.358 e. The maximum Gasteiger partial charge on any atom is 0.358 e. The van der Waals surface area contributed by atoms with Crippen molar-refractivity contribution in [1.82, 2.24) is 9.97 Å². The topological polar surface area (TPSA) is 56.6 Å². The van der Waals surface area contributed by atoms with Crippen molar-refractivity contribution in [3.8, 4) is 22.5 Å². The summed E-state index contributed by atoms with van der Waals surface area (Å²) in [4.78, 5) is 14.9. The summed E-state index contributed by atoms with van der Waals surface area (Å²) in [6.45, 7) is 10.8. The third-order valence-corrected chi connectivity index (χ3v) is 6.38. The van der Waals surface area contributed by atoms with Crippen LogP contribution in [0.4, 0.5) is 0 Å². The van der Waals surface area contributed by atoms with E-state index in [1.165, 1.54) is 11.1 Å². The molecule has 6 heteroatoms. The lowest BCUT2D eigenvalue weighted by molar-refractivity contribution is 0.0295. The number of benzene rings is 2. The summed E-state index contributed by atoms with van der Waals surface area (Å²) in [5.74, 6) is 0.608. The Morgan fingerprint density at radius 2 is 1.38 bits per heavy atom. The number of aryl methyl sites for hydroxylation is 2. The average molecular weight is 444 g/mol. The molecule has 0 spiro atoms. The molecule has 3 heterocycles. The summed E-state index contributed by atoms with van der Waals surface area (Å²) in [6.07, 6.45) is 0. The van der Waals surface area contributed by atoms with Crippen molar-refractivity contribution in [1.29, 1.82) is 0 Å². The molecule has 3 aromatic rings. The van der Waals surface area contributed by atoms with E-state index in [9.17, 15) is 0 Å². The molecule has 1 saturated heterocycles. The van der Waals surface area contributed by atoms with Gasteiger partial charge in [-0.3, -0.25) is 4.99 Å². The Morgan fingerprint density at radius 1 is 0.844 bits per heavy atom. The third kappa shape index (κ3) is 3.21. The van der Waals surface area contributed by atoms with E-state index in [1.807, 2.05) is 0 Å². The minimum atomic E-state index is -0.790. The van der Waals surface area contributed by atoms with Crippen molar-refractivity contribution < 1.29 is 9.47 Å². The van der Waals surface area contributed by atoms with Crippen LogP contribution < -0.4 is 10.8 Å². The molecule has 5 nitrogen and oxygen atoms in total. The van der Waals surface area contributed by atoms with Crippen molar-refractivity contribution in [3.63, 3.8) is 0 Å². The zero-order chi connectivity index (χ0) is 22.7. The predicted molar refractivity (Wildman–Crippen MR) is 128 cm³/mol. The van der Waals surface area contributed by atoms with Gasteiger partial charge in [-0.1, -0.05) is 80.4 Å². The normalized spacial score (nSPS) is 19.5. The highest BCUT2D eigenvalue weighted by Gasteiger charge is 2.56. The number of nitrogens with zero attached hydrogens (tertiary/aromatic N) is 3. The first-order chi connectivity index (χ1) is 15.2. The first kappa shape index (κ1) is 20.8. The highest BCUT2D eigenvalue weighted by atomic mass is 32.1. The van der Waals surface area contributed by atoms with Crippen LogP contribution in [-0.4, -0.2) is 27.4 Å². The Labute approximate surface area is 192 Å². The third-order valence-electron chi connectivity index (χ3n) is 6.22. The molecule has 162 valence electrons. The Morgan fingerprint density at radius 3 is 1.91 bits per heavy atom. The van der Waals surface area contributed by atoms with Crippen molar-refractivity contribution in [2.24, 2.45) is 10.4 Å². The molecular formula is C26H25N3O2S. The molecular weight excluding hydrogens is 418 g/mol. The predicted octanol–water partition coefficient (Wildman–Crippen LogP) is 4.29. The monoisotopic (exact) mass is 443 g/mol. The second-order valence-corrected chi connectivity index (χ2v) is 9.83. The lowest BCUT2D eigenvalue weighted by Crippen LogP contribution is -2.54. The van der Waals surface area contributed by atoms with Crippen LogP contribution in [0.1, 0.15) is 31.9 Å². The molecule has 1 unspecified atom stereocenters. The largest absolute Gasteiger partial charge is 0.439 e. The molecule has 0 bridgehead atoms. The molecule has 1 atom stereocenters. The number of hydrogen-bond acceptors (Lipinski definition) is 6. The number of ether oxygens (including phenoxy) is 2. The number of hydrogen-bond donors (Lipinski definition) is 0. The fraction of sp³-hybridized carbons (Fsp3) is 0.308. The maximum atomic E-state index is 6.07. The van der Waals surface area contributed by atoms with Crippen LogP contribution in [0.25, 0.3) is 28.3 Å². The minimum absolute atomic E-state index is 0.110. The Kier molecular flexibility index (Phi) is 4.67. The molecule has 2 aliphatic heterocycles. The van der Waals surface area contributed by atoms with Crippen LogP contribution >= 0.6 is 12.2 Å². The van der Waals surface area contributed by atoms with Gasteiger partial charge in [-0.15, -0.1) is 0 Å². The van der Waals surface area contributed by atoms with Gasteiger partial charge >= 0.3 is 5.24 Å². The molecule has 2 aromatic carbocycles. The van der Waals surface area contributed by atoms with E-state index in [4.69, 9.17) is 36.7 Å². The van der Waals surface area contributed by atoms with Gasteiger partial charge in [0.1, 0.15) is 0 Å². The fourth-order valence-electron chi connectivity index (χ4n) is 4.15. The van der Waals surface area contributed by atoms with E-state index in [2.05, 4.69) is 83.1 Å². The second-order valence-electron chi connectivity index (χ2n) is 9.50. The Bertz CT molecular complexity index is 1360. The fourth-order valence-corrected chi connectivity index (χ4v) is 4.38. The first-order valence-corrected chi connectivity index (χ1v) is 11.1. The van der Waals surface area contributed by atoms with Gasteiger partial charge in [-0.05, 0) is 13.8 Å². The summed E-state index contributed by atoms with van der Waals surface area (Å²) >= 11 is 5.30. The summed E-state index contributed by atoms with van der Waals surface area (Å²) < 4.78 is 12.0. The van der Waals surface area contributed by atoms with Crippen molar-refractivity contribution in [3.05, 3.63) is 70.5 Å². The van der Waals surface area contributed by atoms with Crippen molar-refractivity contribution in [2.45, 2.75) is 40.2 Å². The van der Waals surface area contributed by atoms with Crippen LogP contribution in [-0.2, 0) is 9.47 Å². The lowest BCUT2D eigenvalue weighted by Gasteiger charge is -2.38. The van der Waals surface area contributed by atoms with Gasteiger partial charge in [0.05, 0.1) is 17.9 Å². The lowest BCUT2D eigenvalue weighted by atomic mass is 9.74. The SMILES string of the molecule is Cc1ccc(-c2nc3c(nc2-c2ccc(C)cc2)=C2OC(=S)OC2(C(C)(C)C)CN=3)cc1. The van der Waals surface area contributed by atoms with Gasteiger partial charge < -0.3 is 9.47 Å². The van der Waals surface area contributed by atoms with E-state index >= 15 is 0 Å². The van der Waals surface area contributed by atoms with Crippen LogP contribution in [0.5, 0.6) is 0 Å². The standard InChI is InChI=1S/C26H25N3O2S/c1-15-6-10-17(11-7-15)19-20(18-12-8-16(2)9-13-18)29-23-21(28-19)22-26(14-27-23,25(3,4)5)31-24(32)30-22/h6-13H,14H2,1-5H3. The van der Waals surface area contributed by atoms with Gasteiger partial charge in [-0.25, -0.2) is 9.97 Å². The van der Waals surface area contributed by atoms with Crippen LogP contribution in [0.3, 0.4) is 0 Å². The quantitative estimate of drug-likeness (QED) is 0.553. The molecule has 0 saturated carbocycles. The van der Waals surface area contributed by atoms with Crippen LogP contribution in [0.15, 0.2) is 53.5 Å². The second kappa shape index (κ2) is 7.20. The van der Waals surface area contributed by atoms with E-state index in [1.54, 1.807) is 0 Å². The molecule has 32 heavy (non-hydrogen) atoms. The molecule has 1 fully saturated rings. The number of rotatable bonds is 2. The molecule has 5 rings (SSSR count). The van der Waals surface area contributed by atoms with Gasteiger partial charge in [0.2, 0.25) is 0 Å². The van der Waals surface area contributed by atoms with Gasteiger partial charge in [0, 0.05) is 28.8 Å². The van der Waals surface area contributed by atoms with Crippen molar-refractivity contribution >= 4 is 23.2 Å². The van der Waals surface area contributed by atoms with Gasteiger partial charge in [0.25, 0.3) is 0 Å². The molecule has 0 N–H and O–H groups in total. The first-order valence-electron chi connectivity index (χ1n) is 10.7. The highest BCUT2D eigenvalue weighted by Crippen LogP contribution is 2.46. The van der Waals surface area contributed by atoms with Crippen LogP contribution in [0.2, 0.25) is 0 Å². The number of fused-ring (bicyclic) bond motifs is 2. The zero-order valence-electron chi connectivity index (χ0n) is 18.9. The molecule has 1 aromatic heterocycles. The maximum absolute atomic E-state index is 6.07. The van der Waals surface area contributed by atoms with E-state index in [0.717, 1.165) is 22.5 Å². The molecule has 0 amide bonds. The number of aromatic nitrogens is 2. The van der Waals surface area contributed by atoms with Gasteiger partial charge in [-0.2, -0.15) is 0 Å². The Balaban J connectivity index is 1.85. The average Bonchev–Trinajstić information content (AvgIpc) is 3.12. The summed E-state index contributed by atoms with van der Waals surface area (Å²) in [5.41, 5.74) is 5.39. The summed E-state index contributed by atoms with van der Waals surface area (Å²) in [6, 6.07) is 16.6. The van der Waals surface area contributed by atoms with Gasteiger partial charge in [0.15, 0.2) is 22.2 Å². The highest BCUT2D eigenvalue weighted by molar-refractivity contribution is 7.79. The van der Waals surface area contributed by atoms with Crippen molar-refractivity contribution in [2.75, 3.05) is 6.54 Å². The molecule has 0 radical (unpaired) electrons. The molecule has 0 aliphatic carbocycles. The summed E-state index contributed by atoms with van der Waals surface area (Å²) in [5, 5.41) is 0.705. The van der Waals surface area contributed by atoms with E-state index in [0.29, 0.717) is 23.1 Å². The minimum Gasteiger partial charge on any atom is -0.439 e. The molecule has 2 aliphatic rings. The Hall–Kier alpha value is -3.12. The van der Waals surface area contributed by atoms with E-state index in [-0.39, 0.29) is 10.7 Å². The number of thiocarbonyl (C=S) groups is 1.